The van der Waals surface area contributed by atoms with E-state index in [-0.39, 0.29) is 0 Å². The number of anilines is 1. The molecule has 1 aliphatic heterocycles. The summed E-state index contributed by atoms with van der Waals surface area (Å²) in [5.41, 5.74) is 2.15. The molecule has 1 aromatic rings. The highest BCUT2D eigenvalue weighted by Gasteiger charge is 2.12. The van der Waals surface area contributed by atoms with Gasteiger partial charge in [0.25, 0.3) is 0 Å². The average molecular weight is 344 g/mol. The summed E-state index contributed by atoms with van der Waals surface area (Å²) in [6.45, 7) is 12.6. The number of nitrogens with zero attached hydrogens (tertiary/aromatic N) is 3. The van der Waals surface area contributed by atoms with Gasteiger partial charge in [0, 0.05) is 49.7 Å². The smallest absolute Gasteiger partial charge is 0.126 e. The van der Waals surface area contributed by atoms with E-state index in [2.05, 4.69) is 60.4 Å². The molecule has 1 aliphatic rings. The molecule has 1 unspecified atom stereocenters. The third-order valence-corrected chi connectivity index (χ3v) is 4.64. The zero-order chi connectivity index (χ0) is 18.1. The molecule has 5 nitrogen and oxygen atoms in total. The maximum absolute atomic E-state index is 4.89. The van der Waals surface area contributed by atoms with Gasteiger partial charge in [-0.05, 0) is 44.9 Å². The van der Waals surface area contributed by atoms with Crippen molar-refractivity contribution in [1.29, 1.82) is 0 Å². The standard InChI is InChI=1S/C20H33N5/c1-5-8-18(6-2)24-19-15-17(9-10-22-19)16(4)23-20(7-3)25-13-11-21-12-14-25/h7,9-10,15,18,21H,5-6,8,11-14H2,1-4H3,(H,22,24)/b20-7+,23-16+. The molecule has 2 rings (SSSR count). The van der Waals surface area contributed by atoms with Crippen LogP contribution in [0.4, 0.5) is 5.82 Å². The predicted octanol–water partition coefficient (Wildman–Crippen LogP) is 3.65. The minimum absolute atomic E-state index is 0.483. The van der Waals surface area contributed by atoms with E-state index < -0.39 is 0 Å². The van der Waals surface area contributed by atoms with Crippen LogP contribution >= 0.6 is 0 Å². The lowest BCUT2D eigenvalue weighted by molar-refractivity contribution is 0.296. The topological polar surface area (TPSA) is 52.6 Å². The Morgan fingerprint density at radius 2 is 2.16 bits per heavy atom. The largest absolute Gasteiger partial charge is 0.367 e. The molecule has 0 aromatic carbocycles. The molecule has 25 heavy (non-hydrogen) atoms. The van der Waals surface area contributed by atoms with Crippen molar-refractivity contribution in [3.05, 3.63) is 35.8 Å². The molecule has 2 N–H and O–H groups in total. The van der Waals surface area contributed by atoms with Crippen LogP contribution in [0, 0.1) is 0 Å². The number of pyridine rings is 1. The van der Waals surface area contributed by atoms with Gasteiger partial charge in [-0.2, -0.15) is 0 Å². The number of allylic oxidation sites excluding steroid dienone is 1. The fourth-order valence-corrected chi connectivity index (χ4v) is 3.12. The zero-order valence-corrected chi connectivity index (χ0v) is 16.2. The molecule has 5 heteroatoms. The highest BCUT2D eigenvalue weighted by Crippen LogP contribution is 2.15. The summed E-state index contributed by atoms with van der Waals surface area (Å²) in [6.07, 6.45) is 7.43. The Bertz CT molecular complexity index is 588. The lowest BCUT2D eigenvalue weighted by Crippen LogP contribution is -2.42. The van der Waals surface area contributed by atoms with Crippen molar-refractivity contribution < 1.29 is 0 Å². The minimum Gasteiger partial charge on any atom is -0.367 e. The Hall–Kier alpha value is -1.88. The molecule has 138 valence electrons. The van der Waals surface area contributed by atoms with Crippen LogP contribution in [-0.4, -0.2) is 47.8 Å². The minimum atomic E-state index is 0.483. The first-order valence-corrected chi connectivity index (χ1v) is 9.58. The van der Waals surface area contributed by atoms with E-state index in [1.807, 2.05) is 12.3 Å². The van der Waals surface area contributed by atoms with Gasteiger partial charge in [-0.15, -0.1) is 0 Å². The van der Waals surface area contributed by atoms with Crippen molar-refractivity contribution in [2.24, 2.45) is 4.99 Å². The van der Waals surface area contributed by atoms with Gasteiger partial charge in [0.1, 0.15) is 11.6 Å². The van der Waals surface area contributed by atoms with Crippen molar-refractivity contribution in [2.45, 2.75) is 53.0 Å². The molecule has 0 bridgehead atoms. The molecule has 1 atom stereocenters. The Balaban J connectivity index is 2.12. The maximum atomic E-state index is 4.89. The molecule has 0 spiro atoms. The highest BCUT2D eigenvalue weighted by molar-refractivity contribution is 5.99. The number of aliphatic imine (C=N–C) groups is 1. The number of hydrogen-bond donors (Lipinski definition) is 2. The van der Waals surface area contributed by atoms with Gasteiger partial charge in [0.2, 0.25) is 0 Å². The normalized spacial score (nSPS) is 17.5. The summed E-state index contributed by atoms with van der Waals surface area (Å²) >= 11 is 0. The van der Waals surface area contributed by atoms with E-state index in [0.717, 1.165) is 55.5 Å². The fraction of sp³-hybridized carbons (Fsp3) is 0.600. The molecule has 1 fully saturated rings. The molecule has 1 aromatic heterocycles. The van der Waals surface area contributed by atoms with E-state index in [0.29, 0.717) is 6.04 Å². The van der Waals surface area contributed by atoms with E-state index in [9.17, 15) is 0 Å². The predicted molar refractivity (Wildman–Crippen MR) is 107 cm³/mol. The Labute approximate surface area is 152 Å². The summed E-state index contributed by atoms with van der Waals surface area (Å²) in [7, 11) is 0. The van der Waals surface area contributed by atoms with Crippen molar-refractivity contribution in [3.8, 4) is 0 Å². The van der Waals surface area contributed by atoms with E-state index in [4.69, 9.17) is 4.99 Å². The highest BCUT2D eigenvalue weighted by atomic mass is 15.3. The molecule has 0 amide bonds. The second kappa shape index (κ2) is 10.2. The summed E-state index contributed by atoms with van der Waals surface area (Å²) in [5.74, 6) is 2.00. The number of aromatic nitrogens is 1. The van der Waals surface area contributed by atoms with Crippen LogP contribution in [-0.2, 0) is 0 Å². The van der Waals surface area contributed by atoms with Gasteiger partial charge in [-0.25, -0.2) is 9.98 Å². The molecular formula is C20H33N5. The average Bonchev–Trinajstić information content (AvgIpc) is 2.66. The van der Waals surface area contributed by atoms with Crippen molar-refractivity contribution in [3.63, 3.8) is 0 Å². The molecule has 0 radical (unpaired) electrons. The third kappa shape index (κ3) is 5.85. The lowest BCUT2D eigenvalue weighted by atomic mass is 10.1. The lowest BCUT2D eigenvalue weighted by Gasteiger charge is -2.29. The van der Waals surface area contributed by atoms with Gasteiger partial charge in [-0.3, -0.25) is 0 Å². The van der Waals surface area contributed by atoms with Gasteiger partial charge < -0.3 is 15.5 Å². The first-order valence-electron chi connectivity index (χ1n) is 9.58. The SMILES string of the molecule is C/C=C(\N=C(/C)c1ccnc(NC(CC)CCC)c1)N1CCNCC1. The first kappa shape index (κ1) is 19.4. The number of rotatable bonds is 8. The van der Waals surface area contributed by atoms with Crippen molar-refractivity contribution in [2.75, 3.05) is 31.5 Å². The maximum Gasteiger partial charge on any atom is 0.126 e. The Morgan fingerprint density at radius 1 is 1.40 bits per heavy atom. The molecule has 0 aliphatic carbocycles. The van der Waals surface area contributed by atoms with Gasteiger partial charge in [0.15, 0.2) is 0 Å². The van der Waals surface area contributed by atoms with Crippen LogP contribution in [0.1, 0.15) is 52.5 Å². The van der Waals surface area contributed by atoms with Crippen LogP contribution in [0.15, 0.2) is 35.2 Å². The molecule has 1 saturated heterocycles. The van der Waals surface area contributed by atoms with Crippen LogP contribution in [0.3, 0.4) is 0 Å². The van der Waals surface area contributed by atoms with Gasteiger partial charge >= 0.3 is 0 Å². The number of hydrogen-bond acceptors (Lipinski definition) is 5. The Kier molecular flexibility index (Phi) is 7.92. The summed E-state index contributed by atoms with van der Waals surface area (Å²) in [6, 6.07) is 4.63. The van der Waals surface area contributed by atoms with Crippen LogP contribution in [0.25, 0.3) is 0 Å². The van der Waals surface area contributed by atoms with E-state index in [1.54, 1.807) is 0 Å². The third-order valence-electron chi connectivity index (χ3n) is 4.64. The summed E-state index contributed by atoms with van der Waals surface area (Å²) in [4.78, 5) is 11.7. The molecular weight excluding hydrogens is 310 g/mol. The van der Waals surface area contributed by atoms with E-state index in [1.165, 1.54) is 12.8 Å². The molecule has 0 saturated carbocycles. The zero-order valence-electron chi connectivity index (χ0n) is 16.2. The Morgan fingerprint density at radius 3 is 2.80 bits per heavy atom. The van der Waals surface area contributed by atoms with Crippen molar-refractivity contribution in [1.82, 2.24) is 15.2 Å². The van der Waals surface area contributed by atoms with Gasteiger partial charge in [-0.1, -0.05) is 20.3 Å². The number of piperazine rings is 1. The quantitative estimate of drug-likeness (QED) is 0.708. The van der Waals surface area contributed by atoms with Crippen molar-refractivity contribution >= 4 is 11.5 Å². The molecule has 2 heterocycles. The second-order valence-corrected chi connectivity index (χ2v) is 6.55. The van der Waals surface area contributed by atoms with E-state index >= 15 is 0 Å². The van der Waals surface area contributed by atoms with Gasteiger partial charge in [0.05, 0.1) is 0 Å². The van der Waals surface area contributed by atoms with Crippen LogP contribution in [0.5, 0.6) is 0 Å². The second-order valence-electron chi connectivity index (χ2n) is 6.55. The first-order chi connectivity index (χ1) is 12.2. The van der Waals surface area contributed by atoms with Crippen LogP contribution < -0.4 is 10.6 Å². The summed E-state index contributed by atoms with van der Waals surface area (Å²) in [5, 5.41) is 6.94. The van der Waals surface area contributed by atoms with Crippen LogP contribution in [0.2, 0.25) is 0 Å². The monoisotopic (exact) mass is 343 g/mol. The fourth-order valence-electron chi connectivity index (χ4n) is 3.12. The number of nitrogens with one attached hydrogen (secondary N) is 2. The summed E-state index contributed by atoms with van der Waals surface area (Å²) < 4.78 is 0.